The van der Waals surface area contributed by atoms with Gasteiger partial charge in [0.25, 0.3) is 10.0 Å². The third-order valence-electron chi connectivity index (χ3n) is 4.38. The number of fused-ring (bicyclic) bond motifs is 1. The smallest absolute Gasteiger partial charge is 0.262 e. The molecule has 1 aliphatic heterocycles. The Hall–Kier alpha value is -2.74. The molecule has 1 amide bonds. The van der Waals surface area contributed by atoms with Gasteiger partial charge in [-0.25, -0.2) is 8.42 Å². The van der Waals surface area contributed by atoms with Crippen LogP contribution in [-0.4, -0.2) is 27.5 Å². The van der Waals surface area contributed by atoms with Crippen molar-refractivity contribution in [2.45, 2.75) is 24.2 Å². The maximum atomic E-state index is 12.7. The molecule has 0 bridgehead atoms. The molecule has 1 aliphatic carbocycles. The Labute approximate surface area is 157 Å². The van der Waals surface area contributed by atoms with E-state index in [1.807, 2.05) is 0 Å². The first-order valence-electron chi connectivity index (χ1n) is 8.85. The van der Waals surface area contributed by atoms with Crippen LogP contribution in [0.4, 0.5) is 11.4 Å². The summed E-state index contributed by atoms with van der Waals surface area (Å²) in [6, 6.07) is 11.1. The van der Waals surface area contributed by atoms with E-state index in [-0.39, 0.29) is 16.7 Å². The van der Waals surface area contributed by atoms with Crippen LogP contribution in [0.25, 0.3) is 0 Å². The Morgan fingerprint density at radius 3 is 2.30 bits per heavy atom. The molecule has 2 aromatic rings. The number of carbonyl (C=O) groups is 1. The monoisotopic (exact) mass is 388 g/mol. The number of ether oxygens (including phenoxy) is 2. The molecule has 1 saturated carbocycles. The molecule has 0 radical (unpaired) electrons. The summed E-state index contributed by atoms with van der Waals surface area (Å²) in [6.07, 6.45) is 2.61. The number of hydrogen-bond donors (Lipinski definition) is 2. The Bertz CT molecular complexity index is 953. The molecular weight excluding hydrogens is 368 g/mol. The minimum atomic E-state index is -3.77. The predicted molar refractivity (Wildman–Crippen MR) is 101 cm³/mol. The van der Waals surface area contributed by atoms with Crippen LogP contribution in [0.15, 0.2) is 47.4 Å². The van der Waals surface area contributed by atoms with Crippen molar-refractivity contribution in [3.05, 3.63) is 42.5 Å². The molecule has 0 saturated heterocycles. The van der Waals surface area contributed by atoms with Crippen LogP contribution in [0.2, 0.25) is 0 Å². The average molecular weight is 388 g/mol. The van der Waals surface area contributed by atoms with Crippen LogP contribution >= 0.6 is 0 Å². The fraction of sp³-hybridized carbons (Fsp3) is 0.316. The van der Waals surface area contributed by atoms with Gasteiger partial charge in [-0.15, -0.1) is 0 Å². The summed E-state index contributed by atoms with van der Waals surface area (Å²) in [4.78, 5) is 11.9. The highest BCUT2D eigenvalue weighted by atomic mass is 32.2. The number of rotatable bonds is 5. The molecule has 2 aromatic carbocycles. The first-order valence-corrected chi connectivity index (χ1v) is 10.3. The van der Waals surface area contributed by atoms with E-state index < -0.39 is 10.0 Å². The molecule has 1 heterocycles. The fourth-order valence-corrected chi connectivity index (χ4v) is 3.81. The van der Waals surface area contributed by atoms with Crippen LogP contribution in [-0.2, 0) is 14.8 Å². The van der Waals surface area contributed by atoms with E-state index in [0.29, 0.717) is 36.1 Å². The minimum absolute atomic E-state index is 0.00975. The van der Waals surface area contributed by atoms with Crippen molar-refractivity contribution in [1.29, 1.82) is 0 Å². The highest BCUT2D eigenvalue weighted by molar-refractivity contribution is 7.92. The largest absolute Gasteiger partial charge is 0.490 e. The van der Waals surface area contributed by atoms with Gasteiger partial charge in [0.1, 0.15) is 0 Å². The van der Waals surface area contributed by atoms with Gasteiger partial charge in [0.05, 0.1) is 18.1 Å². The molecule has 0 aromatic heterocycles. The lowest BCUT2D eigenvalue weighted by Gasteiger charge is -2.12. The van der Waals surface area contributed by atoms with E-state index >= 15 is 0 Å². The molecule has 0 atom stereocenters. The second-order valence-corrected chi connectivity index (χ2v) is 8.29. The van der Waals surface area contributed by atoms with Crippen molar-refractivity contribution >= 4 is 27.3 Å². The van der Waals surface area contributed by atoms with Crippen molar-refractivity contribution in [2.24, 2.45) is 5.92 Å². The Morgan fingerprint density at radius 1 is 0.926 bits per heavy atom. The highest BCUT2D eigenvalue weighted by Crippen LogP contribution is 2.33. The standard InChI is InChI=1S/C19H20N2O5S/c22-19(13-2-3-13)20-14-4-6-15(7-5-14)21-27(23,24)16-8-9-17-18(12-16)26-11-1-10-25-17/h4-9,12-13,21H,1-3,10-11H2,(H,20,22). The molecular formula is C19H20N2O5S. The van der Waals surface area contributed by atoms with Crippen LogP contribution in [0, 0.1) is 5.92 Å². The minimum Gasteiger partial charge on any atom is -0.490 e. The van der Waals surface area contributed by atoms with Crippen LogP contribution < -0.4 is 19.5 Å². The summed E-state index contributed by atoms with van der Waals surface area (Å²) in [7, 11) is -3.77. The first kappa shape index (κ1) is 17.7. The van der Waals surface area contributed by atoms with Gasteiger partial charge in [-0.2, -0.15) is 0 Å². The van der Waals surface area contributed by atoms with E-state index in [1.54, 1.807) is 30.3 Å². The number of carbonyl (C=O) groups excluding carboxylic acids is 1. The lowest BCUT2D eigenvalue weighted by Crippen LogP contribution is -2.14. The van der Waals surface area contributed by atoms with E-state index in [4.69, 9.17) is 9.47 Å². The van der Waals surface area contributed by atoms with E-state index in [0.717, 1.165) is 19.3 Å². The van der Waals surface area contributed by atoms with Gasteiger partial charge in [0, 0.05) is 29.8 Å². The normalized spacial score (nSPS) is 16.3. The lowest BCUT2D eigenvalue weighted by molar-refractivity contribution is -0.117. The zero-order valence-corrected chi connectivity index (χ0v) is 15.4. The molecule has 0 unspecified atom stereocenters. The fourth-order valence-electron chi connectivity index (χ4n) is 2.74. The first-order chi connectivity index (χ1) is 13.0. The average Bonchev–Trinajstić information content (AvgIpc) is 3.49. The predicted octanol–water partition coefficient (Wildman–Crippen LogP) is 3.00. The number of anilines is 2. The number of hydrogen-bond acceptors (Lipinski definition) is 5. The van der Waals surface area contributed by atoms with Gasteiger partial charge in [0.2, 0.25) is 5.91 Å². The molecule has 2 N–H and O–H groups in total. The van der Waals surface area contributed by atoms with E-state index in [9.17, 15) is 13.2 Å². The highest BCUT2D eigenvalue weighted by Gasteiger charge is 2.29. The Kier molecular flexibility index (Phi) is 4.65. The number of nitrogens with one attached hydrogen (secondary N) is 2. The summed E-state index contributed by atoms with van der Waals surface area (Å²) in [5.74, 6) is 1.09. The Balaban J connectivity index is 1.47. The SMILES string of the molecule is O=C(Nc1ccc(NS(=O)(=O)c2ccc3c(c2)OCCCO3)cc1)C1CC1. The second kappa shape index (κ2) is 7.11. The third-order valence-corrected chi connectivity index (χ3v) is 5.76. The van der Waals surface area contributed by atoms with Crippen molar-refractivity contribution < 1.29 is 22.7 Å². The van der Waals surface area contributed by atoms with Gasteiger partial charge < -0.3 is 14.8 Å². The molecule has 4 rings (SSSR count). The van der Waals surface area contributed by atoms with Crippen molar-refractivity contribution in [3.63, 3.8) is 0 Å². The van der Waals surface area contributed by atoms with Crippen LogP contribution in [0.3, 0.4) is 0 Å². The number of sulfonamides is 1. The maximum Gasteiger partial charge on any atom is 0.262 e. The van der Waals surface area contributed by atoms with Gasteiger partial charge in [-0.1, -0.05) is 0 Å². The zero-order valence-electron chi connectivity index (χ0n) is 14.6. The second-order valence-electron chi connectivity index (χ2n) is 6.61. The molecule has 8 heteroatoms. The molecule has 7 nitrogen and oxygen atoms in total. The van der Waals surface area contributed by atoms with Gasteiger partial charge in [0.15, 0.2) is 11.5 Å². The van der Waals surface area contributed by atoms with E-state index in [2.05, 4.69) is 10.0 Å². The molecule has 142 valence electrons. The Morgan fingerprint density at radius 2 is 1.59 bits per heavy atom. The molecule has 0 spiro atoms. The third kappa shape index (κ3) is 4.16. The molecule has 27 heavy (non-hydrogen) atoms. The number of amides is 1. The zero-order chi connectivity index (χ0) is 18.9. The van der Waals surface area contributed by atoms with Crippen molar-refractivity contribution in [3.8, 4) is 11.5 Å². The van der Waals surface area contributed by atoms with Crippen LogP contribution in [0.1, 0.15) is 19.3 Å². The molecule has 2 aliphatic rings. The van der Waals surface area contributed by atoms with Gasteiger partial charge in [-0.3, -0.25) is 9.52 Å². The summed E-state index contributed by atoms with van der Waals surface area (Å²) < 4.78 is 38.9. The molecule has 1 fully saturated rings. The summed E-state index contributed by atoms with van der Waals surface area (Å²) in [5, 5.41) is 2.82. The summed E-state index contributed by atoms with van der Waals surface area (Å²) in [5.41, 5.74) is 1.05. The summed E-state index contributed by atoms with van der Waals surface area (Å²) in [6.45, 7) is 1.03. The van der Waals surface area contributed by atoms with Crippen molar-refractivity contribution in [2.75, 3.05) is 23.3 Å². The van der Waals surface area contributed by atoms with E-state index in [1.165, 1.54) is 12.1 Å². The van der Waals surface area contributed by atoms with Gasteiger partial charge in [-0.05, 0) is 49.2 Å². The topological polar surface area (TPSA) is 93.7 Å². The van der Waals surface area contributed by atoms with Gasteiger partial charge >= 0.3 is 0 Å². The van der Waals surface area contributed by atoms with Crippen molar-refractivity contribution in [1.82, 2.24) is 0 Å². The number of benzene rings is 2. The quantitative estimate of drug-likeness (QED) is 0.821. The van der Waals surface area contributed by atoms with Crippen LogP contribution in [0.5, 0.6) is 11.5 Å². The maximum absolute atomic E-state index is 12.7. The lowest BCUT2D eigenvalue weighted by atomic mass is 10.2. The summed E-state index contributed by atoms with van der Waals surface area (Å²) >= 11 is 0.